The maximum atomic E-state index is 3.78. The van der Waals surface area contributed by atoms with Crippen LogP contribution in [0, 0.1) is 0 Å². The molecule has 1 N–H and O–H groups in total. The third kappa shape index (κ3) is 3.58. The van der Waals surface area contributed by atoms with Gasteiger partial charge in [0.05, 0.1) is 0 Å². The Morgan fingerprint density at radius 2 is 1.65 bits per heavy atom. The lowest BCUT2D eigenvalue weighted by Gasteiger charge is -2.18. The third-order valence-corrected chi connectivity index (χ3v) is 5.21. The van der Waals surface area contributed by atoms with Crippen LogP contribution in [0.1, 0.15) is 23.2 Å². The van der Waals surface area contributed by atoms with Crippen molar-refractivity contribution in [2.45, 2.75) is 25.7 Å². The molecule has 4 rings (SSSR count). The number of hydrogen-bond acceptors (Lipinski definition) is 1. The maximum absolute atomic E-state index is 3.78. The number of hydrogen-bond donors (Lipinski definition) is 1. The molecule has 0 radical (unpaired) electrons. The van der Waals surface area contributed by atoms with E-state index in [9.17, 15) is 0 Å². The molecule has 2 nitrogen and oxygen atoms in total. The minimum Gasteiger partial charge on any atom is -0.358 e. The molecule has 136 valence electrons. The van der Waals surface area contributed by atoms with Crippen molar-refractivity contribution in [1.82, 2.24) is 9.88 Å². The van der Waals surface area contributed by atoms with E-state index in [0.717, 1.165) is 25.8 Å². The summed E-state index contributed by atoms with van der Waals surface area (Å²) in [5, 5.41) is 0. The zero-order chi connectivity index (χ0) is 17.2. The molecule has 0 atom stereocenters. The number of rotatable bonds is 5. The first-order valence-electron chi connectivity index (χ1n) is 9.26. The molecule has 0 bridgehead atoms. The van der Waals surface area contributed by atoms with E-state index in [1.807, 2.05) is 0 Å². The molecule has 1 aromatic heterocycles. The molecule has 0 aliphatic heterocycles. The zero-order valence-electron chi connectivity index (χ0n) is 15.6. The van der Waals surface area contributed by atoms with Crippen LogP contribution in [0.5, 0.6) is 0 Å². The lowest BCUT2D eigenvalue weighted by Crippen LogP contribution is -2.13. The second-order valence-electron chi connectivity index (χ2n) is 7.26. The van der Waals surface area contributed by atoms with Gasteiger partial charge >= 0.3 is 0 Å². The van der Waals surface area contributed by atoms with Crippen molar-refractivity contribution in [1.29, 1.82) is 0 Å². The Hall–Kier alpha value is -2.03. The van der Waals surface area contributed by atoms with Crippen molar-refractivity contribution in [2.75, 3.05) is 20.6 Å². The van der Waals surface area contributed by atoms with Gasteiger partial charge in [-0.3, -0.25) is 0 Å². The second kappa shape index (κ2) is 8.11. The highest BCUT2D eigenvalue weighted by Crippen LogP contribution is 2.41. The van der Waals surface area contributed by atoms with E-state index in [4.69, 9.17) is 0 Å². The summed E-state index contributed by atoms with van der Waals surface area (Å²) >= 11 is 0. The van der Waals surface area contributed by atoms with Crippen molar-refractivity contribution in [3.63, 3.8) is 0 Å². The van der Waals surface area contributed by atoms with Gasteiger partial charge in [0.2, 0.25) is 0 Å². The number of nitrogens with one attached hydrogen (secondary N) is 1. The van der Waals surface area contributed by atoms with Crippen LogP contribution in [-0.2, 0) is 19.3 Å². The second-order valence-corrected chi connectivity index (χ2v) is 7.26. The van der Waals surface area contributed by atoms with E-state index in [1.165, 1.54) is 45.6 Å². The first kappa shape index (κ1) is 18.8. The van der Waals surface area contributed by atoms with E-state index >= 15 is 0 Å². The molecule has 1 aliphatic rings. The molecule has 1 aliphatic carbocycles. The molecule has 0 amide bonds. The van der Waals surface area contributed by atoms with Gasteiger partial charge in [-0.25, -0.2) is 0 Å². The summed E-state index contributed by atoms with van der Waals surface area (Å²) in [7, 11) is 4.31. The number of aromatic amines is 1. The molecule has 0 saturated carbocycles. The monoisotopic (exact) mass is 366 g/mol. The van der Waals surface area contributed by atoms with Gasteiger partial charge in [0, 0.05) is 17.0 Å². The molecule has 0 spiro atoms. The van der Waals surface area contributed by atoms with Gasteiger partial charge in [0.15, 0.2) is 0 Å². The van der Waals surface area contributed by atoms with E-state index < -0.39 is 0 Å². The lowest BCUT2D eigenvalue weighted by atomic mass is 9.86. The van der Waals surface area contributed by atoms with Crippen LogP contribution >= 0.6 is 12.4 Å². The summed E-state index contributed by atoms with van der Waals surface area (Å²) in [5.41, 5.74) is 9.92. The molecule has 3 heteroatoms. The van der Waals surface area contributed by atoms with Crippen LogP contribution in [0.3, 0.4) is 0 Å². The predicted molar refractivity (Wildman–Crippen MR) is 113 cm³/mol. The Labute approximate surface area is 162 Å². The van der Waals surface area contributed by atoms with Crippen molar-refractivity contribution in [2.24, 2.45) is 0 Å². The van der Waals surface area contributed by atoms with Gasteiger partial charge in [0.1, 0.15) is 0 Å². The summed E-state index contributed by atoms with van der Waals surface area (Å²) in [6, 6.07) is 19.7. The molecular formula is C23H27ClN2. The quantitative estimate of drug-likeness (QED) is 0.643. The summed E-state index contributed by atoms with van der Waals surface area (Å²) in [6.45, 7) is 1.12. The Kier molecular flexibility index (Phi) is 5.85. The first-order chi connectivity index (χ1) is 12.2. The van der Waals surface area contributed by atoms with Gasteiger partial charge in [-0.15, -0.1) is 12.4 Å². The molecule has 0 unspecified atom stereocenters. The minimum atomic E-state index is 0. The Morgan fingerprint density at radius 3 is 2.42 bits per heavy atom. The first-order valence-corrected chi connectivity index (χ1v) is 9.26. The summed E-state index contributed by atoms with van der Waals surface area (Å²) in [6.07, 6.45) is 4.54. The summed E-state index contributed by atoms with van der Waals surface area (Å²) in [5.74, 6) is 0. The normalized spacial score (nSPS) is 12.4. The van der Waals surface area contributed by atoms with Gasteiger partial charge in [-0.1, -0.05) is 54.6 Å². The van der Waals surface area contributed by atoms with Crippen LogP contribution < -0.4 is 0 Å². The SMILES string of the molecule is CN(C)CCCc1c(-c2ccccc2)[nH]c2c1-c1ccccc1CC2.Cl. The average molecular weight is 367 g/mol. The number of nitrogens with zero attached hydrogens (tertiary/aromatic N) is 1. The highest BCUT2D eigenvalue weighted by Gasteiger charge is 2.24. The van der Waals surface area contributed by atoms with Crippen molar-refractivity contribution in [3.05, 3.63) is 71.4 Å². The van der Waals surface area contributed by atoms with E-state index in [1.54, 1.807) is 0 Å². The van der Waals surface area contributed by atoms with Gasteiger partial charge in [-0.05, 0) is 68.6 Å². The molecular weight excluding hydrogens is 340 g/mol. The molecule has 3 aromatic rings. The van der Waals surface area contributed by atoms with Crippen molar-refractivity contribution in [3.8, 4) is 22.4 Å². The molecule has 2 aromatic carbocycles. The highest BCUT2D eigenvalue weighted by molar-refractivity contribution is 5.85. The number of benzene rings is 2. The van der Waals surface area contributed by atoms with Crippen LogP contribution in [0.25, 0.3) is 22.4 Å². The predicted octanol–water partition coefficient (Wildman–Crippen LogP) is 5.36. The number of fused-ring (bicyclic) bond motifs is 3. The number of aromatic nitrogens is 1. The van der Waals surface area contributed by atoms with E-state index in [2.05, 4.69) is 78.6 Å². The van der Waals surface area contributed by atoms with E-state index in [0.29, 0.717) is 0 Å². The zero-order valence-corrected chi connectivity index (χ0v) is 16.4. The van der Waals surface area contributed by atoms with Crippen LogP contribution in [0.2, 0.25) is 0 Å². The average Bonchev–Trinajstić information content (AvgIpc) is 3.01. The standard InChI is InChI=1S/C23H26N2.ClH/c1-25(2)16-8-13-20-22-19-12-7-6-9-17(19)14-15-21(22)24-23(20)18-10-4-3-5-11-18;/h3-7,9-12,24H,8,13-16H2,1-2H3;1H. The largest absolute Gasteiger partial charge is 0.358 e. The van der Waals surface area contributed by atoms with Crippen molar-refractivity contribution >= 4 is 12.4 Å². The van der Waals surface area contributed by atoms with Crippen LogP contribution in [-0.4, -0.2) is 30.5 Å². The molecule has 0 saturated heterocycles. The molecule has 1 heterocycles. The third-order valence-electron chi connectivity index (χ3n) is 5.21. The summed E-state index contributed by atoms with van der Waals surface area (Å²) < 4.78 is 0. The minimum absolute atomic E-state index is 0. The fourth-order valence-electron chi connectivity index (χ4n) is 4.02. The number of halogens is 1. The maximum Gasteiger partial charge on any atom is 0.0495 e. The lowest BCUT2D eigenvalue weighted by molar-refractivity contribution is 0.400. The fraction of sp³-hybridized carbons (Fsp3) is 0.304. The number of H-pyrrole nitrogens is 1. The fourth-order valence-corrected chi connectivity index (χ4v) is 4.02. The highest BCUT2D eigenvalue weighted by atomic mass is 35.5. The van der Waals surface area contributed by atoms with Gasteiger partial charge in [0.25, 0.3) is 0 Å². The molecule has 0 fully saturated rings. The Balaban J connectivity index is 0.00000196. The topological polar surface area (TPSA) is 19.0 Å². The smallest absolute Gasteiger partial charge is 0.0495 e. The Morgan fingerprint density at radius 1 is 0.923 bits per heavy atom. The van der Waals surface area contributed by atoms with Crippen LogP contribution in [0.4, 0.5) is 0 Å². The summed E-state index contributed by atoms with van der Waals surface area (Å²) in [4.78, 5) is 6.06. The van der Waals surface area contributed by atoms with Crippen molar-refractivity contribution < 1.29 is 0 Å². The van der Waals surface area contributed by atoms with Gasteiger partial charge in [-0.2, -0.15) is 0 Å². The molecule has 26 heavy (non-hydrogen) atoms. The Bertz CT molecular complexity index is 865. The van der Waals surface area contributed by atoms with E-state index in [-0.39, 0.29) is 12.4 Å². The van der Waals surface area contributed by atoms with Crippen LogP contribution in [0.15, 0.2) is 54.6 Å². The number of aryl methyl sites for hydroxylation is 2. The van der Waals surface area contributed by atoms with Gasteiger partial charge < -0.3 is 9.88 Å².